The zero-order chi connectivity index (χ0) is 23.2. The Kier molecular flexibility index (Phi) is 7.27. The Labute approximate surface area is 194 Å². The summed E-state index contributed by atoms with van der Waals surface area (Å²) in [5.74, 6) is 0.869. The van der Waals surface area contributed by atoms with Crippen LogP contribution in [0, 0.1) is 0 Å². The van der Waals surface area contributed by atoms with Crippen LogP contribution in [-0.2, 0) is 22.7 Å². The molecular formula is C26H31N3O4. The highest BCUT2D eigenvalue weighted by Gasteiger charge is 2.24. The van der Waals surface area contributed by atoms with Gasteiger partial charge in [-0.15, -0.1) is 0 Å². The molecule has 7 nitrogen and oxygen atoms in total. The molecule has 1 aromatic heterocycles. The van der Waals surface area contributed by atoms with Crippen molar-refractivity contribution in [2.75, 3.05) is 13.7 Å². The molecule has 0 bridgehead atoms. The van der Waals surface area contributed by atoms with E-state index in [0.29, 0.717) is 18.2 Å². The molecule has 0 spiro atoms. The number of methoxy groups -OCH3 is 1. The second kappa shape index (κ2) is 10.5. The van der Waals surface area contributed by atoms with E-state index in [1.165, 1.54) is 24.2 Å². The predicted molar refractivity (Wildman–Crippen MR) is 126 cm³/mol. The molecule has 2 aromatic carbocycles. The van der Waals surface area contributed by atoms with Crippen molar-refractivity contribution in [3.05, 3.63) is 59.9 Å². The number of hydrogen-bond acceptors (Lipinski definition) is 4. The van der Waals surface area contributed by atoms with Gasteiger partial charge in [0, 0.05) is 31.0 Å². The zero-order valence-corrected chi connectivity index (χ0v) is 19.1. The smallest absolute Gasteiger partial charge is 0.323 e. The highest BCUT2D eigenvalue weighted by atomic mass is 16.5. The lowest BCUT2D eigenvalue weighted by Gasteiger charge is -2.24. The highest BCUT2D eigenvalue weighted by molar-refractivity contribution is 5.82. The molecule has 1 N–H and O–H groups in total. The van der Waals surface area contributed by atoms with Gasteiger partial charge in [-0.1, -0.05) is 49.6 Å². The van der Waals surface area contributed by atoms with Crippen LogP contribution >= 0.6 is 0 Å². The van der Waals surface area contributed by atoms with E-state index in [1.54, 1.807) is 7.11 Å². The fraction of sp³-hybridized carbons (Fsp3) is 0.423. The maximum Gasteiger partial charge on any atom is 0.323 e. The van der Waals surface area contributed by atoms with E-state index in [0.717, 1.165) is 35.3 Å². The zero-order valence-electron chi connectivity index (χ0n) is 19.1. The fourth-order valence-corrected chi connectivity index (χ4v) is 4.80. The number of fused-ring (bicyclic) bond motifs is 1. The highest BCUT2D eigenvalue weighted by Crippen LogP contribution is 2.34. The largest absolute Gasteiger partial charge is 0.496 e. The van der Waals surface area contributed by atoms with Crippen molar-refractivity contribution in [3.63, 3.8) is 0 Å². The van der Waals surface area contributed by atoms with Crippen LogP contribution in [0.15, 0.2) is 48.5 Å². The summed E-state index contributed by atoms with van der Waals surface area (Å²) in [6.07, 6.45) is 6.13. The molecule has 7 heteroatoms. The lowest BCUT2D eigenvalue weighted by molar-refractivity contribution is -0.145. The minimum absolute atomic E-state index is 0.190. The number of hydrogen-bond donors (Lipinski definition) is 1. The van der Waals surface area contributed by atoms with Gasteiger partial charge in [-0.25, -0.2) is 4.98 Å². The monoisotopic (exact) mass is 449 g/mol. The predicted octanol–water partition coefficient (Wildman–Crippen LogP) is 4.60. The molecule has 174 valence electrons. The van der Waals surface area contributed by atoms with Gasteiger partial charge >= 0.3 is 5.97 Å². The van der Waals surface area contributed by atoms with E-state index in [9.17, 15) is 14.7 Å². The first-order valence-corrected chi connectivity index (χ1v) is 11.6. The summed E-state index contributed by atoms with van der Waals surface area (Å²) < 4.78 is 7.56. The molecule has 33 heavy (non-hydrogen) atoms. The number of nitrogens with zero attached hydrogens (tertiary/aromatic N) is 3. The number of carbonyl (C=O) groups excluding carboxylic acids is 1. The molecule has 3 aromatic rings. The number of ether oxygens (including phenoxy) is 1. The topological polar surface area (TPSA) is 84.7 Å². The molecule has 1 amide bonds. The third-order valence-electron chi connectivity index (χ3n) is 6.44. The molecule has 0 saturated heterocycles. The van der Waals surface area contributed by atoms with Gasteiger partial charge in [0.25, 0.3) is 0 Å². The van der Waals surface area contributed by atoms with E-state index < -0.39 is 5.97 Å². The Hall–Kier alpha value is -3.35. The van der Waals surface area contributed by atoms with Gasteiger partial charge < -0.3 is 19.3 Å². The van der Waals surface area contributed by atoms with Gasteiger partial charge in [0.1, 0.15) is 18.1 Å². The molecule has 1 aliphatic rings. The number of carboxylic acid groups (broad SMARTS) is 1. The minimum atomic E-state index is -1.03. The number of imidazole rings is 1. The third-order valence-corrected chi connectivity index (χ3v) is 6.44. The first kappa shape index (κ1) is 22.8. The van der Waals surface area contributed by atoms with Gasteiger partial charge in [-0.3, -0.25) is 9.59 Å². The number of carboxylic acids is 1. The van der Waals surface area contributed by atoms with Gasteiger partial charge in [0.05, 0.1) is 18.1 Å². The second-order valence-corrected chi connectivity index (χ2v) is 8.65. The third kappa shape index (κ3) is 5.35. The molecular weight excluding hydrogens is 418 g/mol. The number of carbonyl (C=O) groups is 2. The van der Waals surface area contributed by atoms with Crippen LogP contribution in [0.4, 0.5) is 0 Å². The molecule has 0 aliphatic heterocycles. The molecule has 4 rings (SSSR count). The van der Waals surface area contributed by atoms with Gasteiger partial charge in [0.2, 0.25) is 5.91 Å². The molecule has 1 fully saturated rings. The Bertz CT molecular complexity index is 1120. The quantitative estimate of drug-likeness (QED) is 0.516. The first-order valence-electron chi connectivity index (χ1n) is 11.6. The summed E-state index contributed by atoms with van der Waals surface area (Å²) in [5.41, 5.74) is 2.76. The van der Waals surface area contributed by atoms with Crippen molar-refractivity contribution >= 4 is 22.9 Å². The fourth-order valence-electron chi connectivity index (χ4n) is 4.80. The van der Waals surface area contributed by atoms with Gasteiger partial charge in [0.15, 0.2) is 0 Å². The van der Waals surface area contributed by atoms with E-state index in [1.807, 2.05) is 48.5 Å². The van der Waals surface area contributed by atoms with Crippen LogP contribution in [0.1, 0.15) is 55.8 Å². The van der Waals surface area contributed by atoms with Crippen LogP contribution in [0.5, 0.6) is 5.75 Å². The normalized spacial score (nSPS) is 14.3. The molecule has 1 heterocycles. The Balaban J connectivity index is 1.55. The van der Waals surface area contributed by atoms with Crippen molar-refractivity contribution in [2.45, 2.75) is 57.5 Å². The standard InChI is InChI=1S/C26H31N3O4/c1-33-23-14-8-5-11-20(23)17-28(18-25(31)32)24(30)15-16-29-22-13-7-6-12-21(22)27-26(29)19-9-3-2-4-10-19/h5-8,11-14,19H,2-4,9-10,15-18H2,1H3,(H,31,32). The number of para-hydroxylation sites is 3. The maximum atomic E-state index is 13.2. The van der Waals surface area contributed by atoms with Crippen LogP contribution in [-0.4, -0.2) is 45.1 Å². The molecule has 1 saturated carbocycles. The number of aliphatic carboxylic acids is 1. The summed E-state index contributed by atoms with van der Waals surface area (Å²) in [6, 6.07) is 15.4. The van der Waals surface area contributed by atoms with E-state index in [-0.39, 0.29) is 25.4 Å². The molecule has 0 atom stereocenters. The molecule has 0 unspecified atom stereocenters. The number of aryl methyl sites for hydroxylation is 1. The lowest BCUT2D eigenvalue weighted by atomic mass is 9.88. The number of amides is 1. The SMILES string of the molecule is COc1ccccc1CN(CC(=O)O)C(=O)CCn1c(C2CCCCC2)nc2ccccc21. The summed E-state index contributed by atoms with van der Waals surface area (Å²) >= 11 is 0. The van der Waals surface area contributed by atoms with Crippen molar-refractivity contribution in [2.24, 2.45) is 0 Å². The van der Waals surface area contributed by atoms with Crippen LogP contribution in [0.2, 0.25) is 0 Å². The number of rotatable bonds is 9. The van der Waals surface area contributed by atoms with Crippen molar-refractivity contribution in [1.82, 2.24) is 14.5 Å². The van der Waals surface area contributed by atoms with E-state index >= 15 is 0 Å². The summed E-state index contributed by atoms with van der Waals surface area (Å²) in [7, 11) is 1.57. The van der Waals surface area contributed by atoms with Crippen molar-refractivity contribution in [1.29, 1.82) is 0 Å². The van der Waals surface area contributed by atoms with E-state index in [2.05, 4.69) is 4.57 Å². The van der Waals surface area contributed by atoms with Gasteiger partial charge in [-0.2, -0.15) is 0 Å². The van der Waals surface area contributed by atoms with Gasteiger partial charge in [-0.05, 0) is 31.0 Å². The second-order valence-electron chi connectivity index (χ2n) is 8.65. The maximum absolute atomic E-state index is 13.2. The van der Waals surface area contributed by atoms with Crippen LogP contribution < -0.4 is 4.74 Å². The van der Waals surface area contributed by atoms with Crippen LogP contribution in [0.3, 0.4) is 0 Å². The van der Waals surface area contributed by atoms with Crippen molar-refractivity contribution < 1.29 is 19.4 Å². The summed E-state index contributed by atoms with van der Waals surface area (Å²) in [5, 5.41) is 9.40. The molecule has 1 aliphatic carbocycles. The Morgan fingerprint density at radius 2 is 1.82 bits per heavy atom. The van der Waals surface area contributed by atoms with Crippen LogP contribution in [0.25, 0.3) is 11.0 Å². The Morgan fingerprint density at radius 1 is 1.09 bits per heavy atom. The average molecular weight is 450 g/mol. The summed E-state index contributed by atoms with van der Waals surface area (Å²) in [4.78, 5) is 31.0. The first-order chi connectivity index (χ1) is 16.1. The minimum Gasteiger partial charge on any atom is -0.496 e. The molecule has 0 radical (unpaired) electrons. The van der Waals surface area contributed by atoms with E-state index in [4.69, 9.17) is 9.72 Å². The number of aromatic nitrogens is 2. The number of benzene rings is 2. The Morgan fingerprint density at radius 3 is 2.58 bits per heavy atom. The summed E-state index contributed by atoms with van der Waals surface area (Å²) in [6.45, 7) is 0.319. The van der Waals surface area contributed by atoms with Crippen molar-refractivity contribution in [3.8, 4) is 5.75 Å². The average Bonchev–Trinajstić information content (AvgIpc) is 3.21. The lowest BCUT2D eigenvalue weighted by Crippen LogP contribution is -2.35.